The van der Waals surface area contributed by atoms with E-state index in [4.69, 9.17) is 0 Å². The molecule has 4 N–H and O–H groups in total. The lowest BCUT2D eigenvalue weighted by Crippen LogP contribution is -2.31. The van der Waals surface area contributed by atoms with Crippen LogP contribution in [-0.2, 0) is 0 Å². The number of benzene rings is 2. The fourth-order valence-electron chi connectivity index (χ4n) is 6.04. The summed E-state index contributed by atoms with van der Waals surface area (Å²) in [5.74, 6) is -2.24. The number of hydrogen-bond acceptors (Lipinski definition) is 11. The predicted octanol–water partition coefficient (Wildman–Crippen LogP) is 8.23. The van der Waals surface area contributed by atoms with Gasteiger partial charge in [0.15, 0.2) is 0 Å². The van der Waals surface area contributed by atoms with Crippen molar-refractivity contribution >= 4 is 62.4 Å². The van der Waals surface area contributed by atoms with Crippen molar-refractivity contribution in [1.82, 2.24) is 19.9 Å². The lowest BCUT2D eigenvalue weighted by Gasteiger charge is -2.26. The fraction of sp³-hybridized carbons (Fsp3) is 0.200. The molecule has 2 amide bonds. The minimum Gasteiger partial charge on any atom is -0.478 e. The van der Waals surface area contributed by atoms with E-state index in [0.717, 1.165) is 48.4 Å². The highest BCUT2D eigenvalue weighted by molar-refractivity contribution is 7.15. The standard InChI is InChI=1S/C23H24N4O3S.C17H13N3O3S/c1-14-7-6-8-16(11-14)20(28)26-21-19(22(29)30)18(13-31-21)17-12-24-23(25-15(17)2)27-9-4-3-5-10-27;1-10-3-2-4-11(7-10)15(21)20-16-14(17(22)23)12(9-24-16)13-8-18-5-6-19-13/h6-8,11-13H,3-5,9-10H2,1-2H3,(H,26,28)(H,29,30);2-9H,1H3,(H,20,21)(H,22,23). The topological polar surface area (TPSA) is 188 Å². The number of carboxylic acid groups (broad SMARTS) is 2. The van der Waals surface area contributed by atoms with Gasteiger partial charge in [-0.1, -0.05) is 35.4 Å². The van der Waals surface area contributed by atoms with Gasteiger partial charge in [-0.2, -0.15) is 0 Å². The van der Waals surface area contributed by atoms with Crippen molar-refractivity contribution in [3.05, 3.63) is 123 Å². The fourth-order valence-corrected chi connectivity index (χ4v) is 7.93. The van der Waals surface area contributed by atoms with Crippen LogP contribution >= 0.6 is 22.7 Å². The number of nitrogens with one attached hydrogen (secondary N) is 2. The van der Waals surface area contributed by atoms with Crippen LogP contribution in [0.1, 0.15) is 77.5 Å². The Morgan fingerprint density at radius 1 is 0.691 bits per heavy atom. The van der Waals surface area contributed by atoms with Crippen molar-refractivity contribution in [2.45, 2.75) is 40.0 Å². The number of hydrogen-bond donors (Lipinski definition) is 4. The molecule has 0 atom stereocenters. The Hall–Kier alpha value is -6.32. The minimum atomic E-state index is -1.13. The van der Waals surface area contributed by atoms with E-state index in [-0.39, 0.29) is 27.9 Å². The summed E-state index contributed by atoms with van der Waals surface area (Å²) >= 11 is 2.33. The van der Waals surface area contributed by atoms with Gasteiger partial charge in [0.05, 0.1) is 17.6 Å². The molecule has 7 rings (SSSR count). The number of anilines is 3. The predicted molar refractivity (Wildman–Crippen MR) is 214 cm³/mol. The van der Waals surface area contributed by atoms with Gasteiger partial charge in [-0.15, -0.1) is 22.7 Å². The summed E-state index contributed by atoms with van der Waals surface area (Å²) in [6.07, 6.45) is 9.65. The second-order valence-electron chi connectivity index (χ2n) is 12.8. The number of carbonyl (C=O) groups excluding carboxylic acids is 2. The molecule has 1 fully saturated rings. The van der Waals surface area contributed by atoms with Crippen LogP contribution in [0.3, 0.4) is 0 Å². The zero-order chi connectivity index (χ0) is 39.1. The number of aryl methyl sites for hydroxylation is 3. The summed E-state index contributed by atoms with van der Waals surface area (Å²) in [4.78, 5) is 68.1. The van der Waals surface area contributed by atoms with E-state index < -0.39 is 11.9 Å². The Balaban J connectivity index is 0.000000193. The highest BCUT2D eigenvalue weighted by Crippen LogP contribution is 2.38. The third kappa shape index (κ3) is 9.08. The highest BCUT2D eigenvalue weighted by Gasteiger charge is 2.25. The van der Waals surface area contributed by atoms with Crippen molar-refractivity contribution in [1.29, 1.82) is 0 Å². The molecule has 5 heterocycles. The molecule has 0 aliphatic carbocycles. The Labute approximate surface area is 324 Å². The SMILES string of the molecule is Cc1cccc(C(=O)Nc2scc(-c3cnc(N4CCCCC4)nc3C)c2C(=O)O)c1.Cc1cccc(C(=O)Nc2scc(-c3cnccn3)c2C(=O)O)c1. The summed E-state index contributed by atoms with van der Waals surface area (Å²) < 4.78 is 0. The van der Waals surface area contributed by atoms with Gasteiger partial charge in [-0.3, -0.25) is 19.6 Å². The largest absolute Gasteiger partial charge is 0.478 e. The highest BCUT2D eigenvalue weighted by atomic mass is 32.1. The first-order valence-corrected chi connectivity index (χ1v) is 19.1. The van der Waals surface area contributed by atoms with Crippen LogP contribution < -0.4 is 15.5 Å². The number of piperidine rings is 1. The summed E-state index contributed by atoms with van der Waals surface area (Å²) in [6.45, 7) is 7.52. The summed E-state index contributed by atoms with van der Waals surface area (Å²) in [5, 5.41) is 28.8. The van der Waals surface area contributed by atoms with Crippen LogP contribution in [0.25, 0.3) is 22.4 Å². The molecule has 0 radical (unpaired) electrons. The average Bonchev–Trinajstić information content (AvgIpc) is 3.80. The Kier molecular flexibility index (Phi) is 12.0. The molecule has 6 aromatic rings. The molecule has 13 nitrogen and oxygen atoms in total. The van der Waals surface area contributed by atoms with E-state index in [2.05, 4.69) is 35.5 Å². The van der Waals surface area contributed by atoms with E-state index in [1.54, 1.807) is 53.4 Å². The van der Waals surface area contributed by atoms with Gasteiger partial charge in [0.2, 0.25) is 5.95 Å². The van der Waals surface area contributed by atoms with Crippen molar-refractivity contribution in [3.63, 3.8) is 0 Å². The molecule has 0 bridgehead atoms. The number of aromatic carboxylic acids is 2. The first-order chi connectivity index (χ1) is 26.5. The van der Waals surface area contributed by atoms with Gasteiger partial charge in [0.25, 0.3) is 11.8 Å². The molecule has 55 heavy (non-hydrogen) atoms. The zero-order valence-corrected chi connectivity index (χ0v) is 31.8. The molecule has 1 aliphatic heterocycles. The second kappa shape index (κ2) is 17.2. The molecule has 0 unspecified atom stereocenters. The van der Waals surface area contributed by atoms with Gasteiger partial charge < -0.3 is 25.7 Å². The monoisotopic (exact) mass is 775 g/mol. The third-order valence-corrected chi connectivity index (χ3v) is 10.6. The van der Waals surface area contributed by atoms with Crippen LogP contribution in [0.4, 0.5) is 16.0 Å². The van der Waals surface area contributed by atoms with Crippen molar-refractivity contribution in [2.75, 3.05) is 28.6 Å². The Morgan fingerprint density at radius 3 is 1.76 bits per heavy atom. The van der Waals surface area contributed by atoms with Gasteiger partial charge >= 0.3 is 11.9 Å². The normalized spacial score (nSPS) is 12.3. The van der Waals surface area contributed by atoms with E-state index in [1.807, 2.05) is 32.9 Å². The molecule has 4 aromatic heterocycles. The van der Waals surface area contributed by atoms with Crippen LogP contribution in [0, 0.1) is 20.8 Å². The lowest BCUT2D eigenvalue weighted by atomic mass is 10.0. The molecule has 15 heteroatoms. The quantitative estimate of drug-likeness (QED) is 0.111. The Morgan fingerprint density at radius 2 is 1.25 bits per heavy atom. The van der Waals surface area contributed by atoms with Gasteiger partial charge in [0, 0.05) is 70.3 Å². The summed E-state index contributed by atoms with van der Waals surface area (Å²) in [7, 11) is 0. The first-order valence-electron chi connectivity index (χ1n) is 17.3. The lowest BCUT2D eigenvalue weighted by molar-refractivity contribution is 0.0688. The number of carbonyl (C=O) groups is 4. The van der Waals surface area contributed by atoms with E-state index in [0.29, 0.717) is 50.2 Å². The van der Waals surface area contributed by atoms with Crippen molar-refractivity contribution < 1.29 is 29.4 Å². The van der Waals surface area contributed by atoms with E-state index >= 15 is 0 Å². The molecular formula is C40H37N7O6S2. The number of carboxylic acids is 2. The van der Waals surface area contributed by atoms with Crippen LogP contribution in [0.2, 0.25) is 0 Å². The molecule has 280 valence electrons. The zero-order valence-electron chi connectivity index (χ0n) is 30.2. The minimum absolute atomic E-state index is 0.0153. The van der Waals surface area contributed by atoms with Crippen molar-refractivity contribution in [2.24, 2.45) is 0 Å². The molecule has 0 spiro atoms. The maximum Gasteiger partial charge on any atom is 0.339 e. The van der Waals surface area contributed by atoms with Crippen LogP contribution in [-0.4, -0.2) is 67.0 Å². The van der Waals surface area contributed by atoms with E-state index in [1.165, 1.54) is 36.3 Å². The third-order valence-electron chi connectivity index (χ3n) is 8.76. The molecular weight excluding hydrogens is 739 g/mol. The van der Waals surface area contributed by atoms with Crippen LogP contribution in [0.5, 0.6) is 0 Å². The molecule has 2 aromatic carbocycles. The maximum absolute atomic E-state index is 12.6. The smallest absolute Gasteiger partial charge is 0.339 e. The number of amides is 2. The second-order valence-corrected chi connectivity index (χ2v) is 14.5. The number of thiophene rings is 2. The summed E-state index contributed by atoms with van der Waals surface area (Å²) in [5.41, 5.74) is 5.70. The maximum atomic E-state index is 12.6. The van der Waals surface area contributed by atoms with Crippen LogP contribution in [0.15, 0.2) is 84.1 Å². The van der Waals surface area contributed by atoms with E-state index in [9.17, 15) is 29.4 Å². The van der Waals surface area contributed by atoms with Gasteiger partial charge in [-0.05, 0) is 64.3 Å². The van der Waals surface area contributed by atoms with Crippen molar-refractivity contribution in [3.8, 4) is 22.4 Å². The molecule has 0 saturated carbocycles. The first kappa shape index (κ1) is 38.4. The average molecular weight is 776 g/mol. The summed E-state index contributed by atoms with van der Waals surface area (Å²) in [6, 6.07) is 14.3. The molecule has 1 aliphatic rings. The number of rotatable bonds is 9. The van der Waals surface area contributed by atoms with Gasteiger partial charge in [-0.25, -0.2) is 19.6 Å². The number of aromatic nitrogens is 4. The van der Waals surface area contributed by atoms with Gasteiger partial charge in [0.1, 0.15) is 21.1 Å². The number of nitrogens with zero attached hydrogens (tertiary/aromatic N) is 5. The molecule has 1 saturated heterocycles. The Bertz CT molecular complexity index is 2370.